The molecule has 0 aliphatic carbocycles. The van der Waals surface area contributed by atoms with E-state index >= 15 is 0 Å². The number of nitrogens with one attached hydrogen (secondary N) is 2. The normalized spacial score (nSPS) is 23.2. The summed E-state index contributed by atoms with van der Waals surface area (Å²) in [5.74, 6) is 0. The van der Waals surface area contributed by atoms with Crippen molar-refractivity contribution in [2.45, 2.75) is 58.2 Å². The Hall–Kier alpha value is -0.870. The Morgan fingerprint density at radius 3 is 2.89 bits per heavy atom. The summed E-state index contributed by atoms with van der Waals surface area (Å²) in [5.41, 5.74) is 2.56. The Balaban J connectivity index is 1.86. The van der Waals surface area contributed by atoms with Crippen LogP contribution in [0, 0.1) is 6.92 Å². The molecule has 1 aromatic rings. The molecule has 1 aromatic heterocycles. The Morgan fingerprint density at radius 1 is 1.56 bits per heavy atom. The van der Waals surface area contributed by atoms with Crippen LogP contribution in [0.3, 0.4) is 0 Å². The molecule has 0 spiro atoms. The van der Waals surface area contributed by atoms with Crippen LogP contribution in [0.5, 0.6) is 0 Å². The van der Waals surface area contributed by atoms with Crippen molar-refractivity contribution in [2.24, 2.45) is 7.05 Å². The Bertz CT molecular complexity index is 379. The van der Waals surface area contributed by atoms with Crippen LogP contribution in [0.2, 0.25) is 0 Å². The number of aryl methyl sites for hydroxylation is 1. The second-order valence-electron chi connectivity index (χ2n) is 5.63. The van der Waals surface area contributed by atoms with Crippen LogP contribution in [0.15, 0.2) is 6.20 Å². The first-order chi connectivity index (χ1) is 8.58. The van der Waals surface area contributed by atoms with Crippen molar-refractivity contribution in [1.82, 2.24) is 20.4 Å². The molecule has 2 heterocycles. The van der Waals surface area contributed by atoms with Crippen molar-refractivity contribution < 1.29 is 0 Å². The van der Waals surface area contributed by atoms with Crippen LogP contribution in [0.4, 0.5) is 0 Å². The van der Waals surface area contributed by atoms with E-state index in [0.717, 1.165) is 0 Å². The zero-order valence-electron chi connectivity index (χ0n) is 12.0. The van der Waals surface area contributed by atoms with Gasteiger partial charge in [0.25, 0.3) is 0 Å². The lowest BCUT2D eigenvalue weighted by molar-refractivity contribution is 0.407. The first kappa shape index (κ1) is 13.6. The fourth-order valence-corrected chi connectivity index (χ4v) is 2.91. The van der Waals surface area contributed by atoms with Crippen molar-refractivity contribution in [3.8, 4) is 0 Å². The molecule has 0 radical (unpaired) electrons. The van der Waals surface area contributed by atoms with Crippen molar-refractivity contribution in [3.63, 3.8) is 0 Å². The molecule has 1 fully saturated rings. The van der Waals surface area contributed by atoms with Crippen molar-refractivity contribution in [2.75, 3.05) is 6.54 Å². The summed E-state index contributed by atoms with van der Waals surface area (Å²) >= 11 is 0. The molecule has 18 heavy (non-hydrogen) atoms. The standard InChI is InChI=1S/C14H26N4/c1-10(8-13-6-5-7-15-13)17-11(2)14-9-16-18(4)12(14)3/h9-11,13,15,17H,5-8H2,1-4H3. The summed E-state index contributed by atoms with van der Waals surface area (Å²) < 4.78 is 1.94. The van der Waals surface area contributed by atoms with Gasteiger partial charge in [0, 0.05) is 36.4 Å². The van der Waals surface area contributed by atoms with Crippen molar-refractivity contribution in [3.05, 3.63) is 17.5 Å². The van der Waals surface area contributed by atoms with Gasteiger partial charge in [0.15, 0.2) is 0 Å². The van der Waals surface area contributed by atoms with Gasteiger partial charge in [-0.05, 0) is 46.6 Å². The second kappa shape index (κ2) is 5.85. The molecule has 3 unspecified atom stereocenters. The van der Waals surface area contributed by atoms with Gasteiger partial charge in [-0.3, -0.25) is 4.68 Å². The molecule has 0 bridgehead atoms. The maximum Gasteiger partial charge on any atom is 0.0540 e. The Morgan fingerprint density at radius 2 is 2.33 bits per heavy atom. The topological polar surface area (TPSA) is 41.9 Å². The van der Waals surface area contributed by atoms with Gasteiger partial charge in [0.2, 0.25) is 0 Å². The van der Waals surface area contributed by atoms with Crippen LogP contribution < -0.4 is 10.6 Å². The summed E-state index contributed by atoms with van der Waals surface area (Å²) in [4.78, 5) is 0. The quantitative estimate of drug-likeness (QED) is 0.839. The summed E-state index contributed by atoms with van der Waals surface area (Å²) in [6.45, 7) is 7.82. The van der Waals surface area contributed by atoms with E-state index in [2.05, 4.69) is 36.5 Å². The lowest BCUT2D eigenvalue weighted by atomic mass is 10.0. The number of hydrogen-bond donors (Lipinski definition) is 2. The average Bonchev–Trinajstić information content (AvgIpc) is 2.91. The van der Waals surface area contributed by atoms with Crippen LogP contribution in [-0.4, -0.2) is 28.4 Å². The largest absolute Gasteiger partial charge is 0.314 e. The molecule has 0 amide bonds. The SMILES string of the molecule is Cc1c(C(C)NC(C)CC2CCCN2)cnn1C. The minimum Gasteiger partial charge on any atom is -0.314 e. The molecule has 4 nitrogen and oxygen atoms in total. The van der Waals surface area contributed by atoms with Gasteiger partial charge in [-0.15, -0.1) is 0 Å². The fourth-order valence-electron chi connectivity index (χ4n) is 2.91. The highest BCUT2D eigenvalue weighted by Gasteiger charge is 2.19. The first-order valence-electron chi connectivity index (χ1n) is 7.06. The number of hydrogen-bond acceptors (Lipinski definition) is 3. The highest BCUT2D eigenvalue weighted by molar-refractivity contribution is 5.19. The van der Waals surface area contributed by atoms with Gasteiger partial charge in [-0.1, -0.05) is 0 Å². The van der Waals surface area contributed by atoms with E-state index < -0.39 is 0 Å². The van der Waals surface area contributed by atoms with Crippen LogP contribution >= 0.6 is 0 Å². The monoisotopic (exact) mass is 250 g/mol. The third-order valence-corrected chi connectivity index (χ3v) is 4.07. The molecule has 3 atom stereocenters. The smallest absolute Gasteiger partial charge is 0.0540 e. The van der Waals surface area contributed by atoms with Gasteiger partial charge in [0.05, 0.1) is 6.20 Å². The Kier molecular flexibility index (Phi) is 4.40. The maximum absolute atomic E-state index is 4.31. The van der Waals surface area contributed by atoms with Gasteiger partial charge in [0.1, 0.15) is 0 Å². The van der Waals surface area contributed by atoms with E-state index in [1.165, 1.54) is 37.1 Å². The van der Waals surface area contributed by atoms with E-state index in [-0.39, 0.29) is 0 Å². The number of rotatable bonds is 5. The van der Waals surface area contributed by atoms with Crippen molar-refractivity contribution >= 4 is 0 Å². The molecule has 0 saturated carbocycles. The summed E-state index contributed by atoms with van der Waals surface area (Å²) in [6, 6.07) is 1.61. The van der Waals surface area contributed by atoms with E-state index in [1.54, 1.807) is 0 Å². The average molecular weight is 250 g/mol. The third-order valence-electron chi connectivity index (χ3n) is 4.07. The molecular weight excluding hydrogens is 224 g/mol. The summed E-state index contributed by atoms with van der Waals surface area (Å²) in [5, 5.41) is 11.6. The summed E-state index contributed by atoms with van der Waals surface area (Å²) in [7, 11) is 2.00. The minimum absolute atomic E-state index is 0.370. The predicted octanol–water partition coefficient (Wildman–Crippen LogP) is 1.91. The lowest BCUT2D eigenvalue weighted by Crippen LogP contribution is -2.35. The van der Waals surface area contributed by atoms with Crippen LogP contribution in [-0.2, 0) is 7.05 Å². The summed E-state index contributed by atoms with van der Waals surface area (Å²) in [6.07, 6.45) is 5.85. The molecule has 4 heteroatoms. The van der Waals surface area contributed by atoms with Crippen LogP contribution in [0.25, 0.3) is 0 Å². The Labute approximate surface area is 110 Å². The van der Waals surface area contributed by atoms with Crippen LogP contribution in [0.1, 0.15) is 50.4 Å². The van der Waals surface area contributed by atoms with Gasteiger partial charge in [-0.25, -0.2) is 0 Å². The predicted molar refractivity (Wildman–Crippen MR) is 74.6 cm³/mol. The highest BCUT2D eigenvalue weighted by Crippen LogP contribution is 2.18. The van der Waals surface area contributed by atoms with Gasteiger partial charge < -0.3 is 10.6 Å². The second-order valence-corrected chi connectivity index (χ2v) is 5.63. The zero-order chi connectivity index (χ0) is 13.1. The van der Waals surface area contributed by atoms with Gasteiger partial charge >= 0.3 is 0 Å². The maximum atomic E-state index is 4.31. The lowest BCUT2D eigenvalue weighted by Gasteiger charge is -2.22. The van der Waals surface area contributed by atoms with E-state index in [0.29, 0.717) is 18.1 Å². The fraction of sp³-hybridized carbons (Fsp3) is 0.786. The molecule has 102 valence electrons. The number of nitrogens with zero attached hydrogens (tertiary/aromatic N) is 2. The molecule has 1 saturated heterocycles. The molecule has 1 aliphatic rings. The first-order valence-corrected chi connectivity index (χ1v) is 7.06. The van der Waals surface area contributed by atoms with E-state index in [9.17, 15) is 0 Å². The molecular formula is C14H26N4. The van der Waals surface area contributed by atoms with E-state index in [1.807, 2.05) is 17.9 Å². The molecule has 1 aliphatic heterocycles. The van der Waals surface area contributed by atoms with E-state index in [4.69, 9.17) is 0 Å². The molecule has 0 aromatic carbocycles. The third kappa shape index (κ3) is 3.12. The minimum atomic E-state index is 0.370. The molecule has 2 rings (SSSR count). The number of aromatic nitrogens is 2. The zero-order valence-corrected chi connectivity index (χ0v) is 12.0. The van der Waals surface area contributed by atoms with Crippen molar-refractivity contribution in [1.29, 1.82) is 0 Å². The highest BCUT2D eigenvalue weighted by atomic mass is 15.3. The molecule has 2 N–H and O–H groups in total. The van der Waals surface area contributed by atoms with Gasteiger partial charge in [-0.2, -0.15) is 5.10 Å².